The van der Waals surface area contributed by atoms with Gasteiger partial charge in [-0.15, -0.1) is 0 Å². The third-order valence-electron chi connectivity index (χ3n) is 1.85. The van der Waals surface area contributed by atoms with E-state index in [1.165, 1.54) is 0 Å². The highest BCUT2D eigenvalue weighted by molar-refractivity contribution is 9.10. The van der Waals surface area contributed by atoms with Crippen molar-refractivity contribution in [2.75, 3.05) is 14.2 Å². The van der Waals surface area contributed by atoms with Crippen LogP contribution in [0.15, 0.2) is 10.5 Å². The monoisotopic (exact) mass is 279 g/mol. The molecule has 3 nitrogen and oxygen atoms in total. The van der Waals surface area contributed by atoms with Gasteiger partial charge in [0.05, 0.1) is 23.7 Å². The van der Waals surface area contributed by atoms with Crippen molar-refractivity contribution in [3.8, 4) is 11.5 Å². The molecule has 0 aliphatic rings. The first-order valence-corrected chi connectivity index (χ1v) is 5.11. The minimum Gasteiger partial charge on any atom is -0.492 e. The lowest BCUT2D eigenvalue weighted by molar-refractivity contribution is 0.350. The molecule has 0 saturated carbocycles. The van der Waals surface area contributed by atoms with Gasteiger partial charge in [-0.1, -0.05) is 11.6 Å². The van der Waals surface area contributed by atoms with Crippen molar-refractivity contribution in [3.05, 3.63) is 21.1 Å². The Kier molecular flexibility index (Phi) is 4.04. The first-order chi connectivity index (χ1) is 6.65. The molecule has 0 heterocycles. The van der Waals surface area contributed by atoms with Crippen molar-refractivity contribution < 1.29 is 9.47 Å². The summed E-state index contributed by atoms with van der Waals surface area (Å²) in [6.07, 6.45) is 0. The highest BCUT2D eigenvalue weighted by atomic mass is 79.9. The molecule has 5 heteroatoms. The molecule has 0 aromatic heterocycles. The molecule has 0 aliphatic carbocycles. The number of methoxy groups -OCH3 is 2. The van der Waals surface area contributed by atoms with Crippen LogP contribution in [-0.4, -0.2) is 14.2 Å². The van der Waals surface area contributed by atoms with E-state index in [9.17, 15) is 0 Å². The van der Waals surface area contributed by atoms with E-state index in [1.807, 2.05) is 0 Å². The summed E-state index contributed by atoms with van der Waals surface area (Å²) in [7, 11) is 3.12. The Morgan fingerprint density at radius 3 is 2.36 bits per heavy atom. The number of hydrogen-bond acceptors (Lipinski definition) is 3. The molecular weight excluding hydrogens is 269 g/mol. The normalized spacial score (nSPS) is 10.1. The SMILES string of the molecule is COc1c(Br)cc(Cl)c(CN)c1OC. The lowest BCUT2D eigenvalue weighted by atomic mass is 10.2. The molecule has 0 bridgehead atoms. The van der Waals surface area contributed by atoms with E-state index in [1.54, 1.807) is 20.3 Å². The minimum atomic E-state index is 0.311. The second-order valence-electron chi connectivity index (χ2n) is 2.59. The summed E-state index contributed by atoms with van der Waals surface area (Å²) in [4.78, 5) is 0. The molecule has 0 saturated heterocycles. The van der Waals surface area contributed by atoms with Crippen molar-refractivity contribution >= 4 is 27.5 Å². The number of rotatable bonds is 3. The Balaban J connectivity index is 3.43. The molecule has 0 spiro atoms. The molecule has 0 aliphatic heterocycles. The third-order valence-corrected chi connectivity index (χ3v) is 2.78. The molecule has 0 atom stereocenters. The zero-order valence-corrected chi connectivity index (χ0v) is 10.3. The summed E-state index contributed by atoms with van der Waals surface area (Å²) < 4.78 is 11.1. The average Bonchev–Trinajstić information content (AvgIpc) is 2.16. The van der Waals surface area contributed by atoms with Crippen LogP contribution < -0.4 is 15.2 Å². The Labute approximate surface area is 96.3 Å². The molecule has 78 valence electrons. The van der Waals surface area contributed by atoms with E-state index in [2.05, 4.69) is 15.9 Å². The van der Waals surface area contributed by atoms with Gasteiger partial charge in [0.25, 0.3) is 0 Å². The van der Waals surface area contributed by atoms with Gasteiger partial charge in [-0.2, -0.15) is 0 Å². The van der Waals surface area contributed by atoms with Gasteiger partial charge < -0.3 is 15.2 Å². The van der Waals surface area contributed by atoms with E-state index < -0.39 is 0 Å². The quantitative estimate of drug-likeness (QED) is 0.925. The van der Waals surface area contributed by atoms with Crippen LogP contribution in [0.25, 0.3) is 0 Å². The second kappa shape index (κ2) is 4.87. The number of ether oxygens (including phenoxy) is 2. The molecule has 0 amide bonds. The lowest BCUT2D eigenvalue weighted by Crippen LogP contribution is -2.03. The van der Waals surface area contributed by atoms with Crippen LogP contribution in [0.5, 0.6) is 11.5 Å². The lowest BCUT2D eigenvalue weighted by Gasteiger charge is -2.14. The number of halogens is 2. The summed E-state index contributed by atoms with van der Waals surface area (Å²) in [5, 5.41) is 0.567. The van der Waals surface area contributed by atoms with Gasteiger partial charge in [-0.05, 0) is 22.0 Å². The molecule has 14 heavy (non-hydrogen) atoms. The van der Waals surface area contributed by atoms with E-state index in [4.69, 9.17) is 26.8 Å². The van der Waals surface area contributed by atoms with Crippen molar-refractivity contribution in [3.63, 3.8) is 0 Å². The fourth-order valence-corrected chi connectivity index (χ4v) is 2.19. The van der Waals surface area contributed by atoms with Crippen molar-refractivity contribution in [2.24, 2.45) is 5.73 Å². The van der Waals surface area contributed by atoms with Gasteiger partial charge >= 0.3 is 0 Å². The van der Waals surface area contributed by atoms with Crippen LogP contribution >= 0.6 is 27.5 Å². The topological polar surface area (TPSA) is 44.5 Å². The first-order valence-electron chi connectivity index (χ1n) is 3.94. The number of benzene rings is 1. The zero-order valence-electron chi connectivity index (χ0n) is 7.93. The van der Waals surface area contributed by atoms with Crippen LogP contribution in [0.2, 0.25) is 5.02 Å². The molecule has 0 radical (unpaired) electrons. The Bertz CT molecular complexity index is 316. The number of nitrogens with two attached hydrogens (primary N) is 1. The van der Waals surface area contributed by atoms with Gasteiger partial charge in [-0.3, -0.25) is 0 Å². The van der Waals surface area contributed by atoms with Crippen LogP contribution in [0.1, 0.15) is 5.56 Å². The van der Waals surface area contributed by atoms with E-state index in [0.29, 0.717) is 23.1 Å². The molecule has 1 rings (SSSR count). The highest BCUT2D eigenvalue weighted by Gasteiger charge is 2.16. The maximum absolute atomic E-state index is 6.00. The van der Waals surface area contributed by atoms with Gasteiger partial charge in [0.15, 0.2) is 11.5 Å². The van der Waals surface area contributed by atoms with Gasteiger partial charge in [-0.25, -0.2) is 0 Å². The van der Waals surface area contributed by atoms with E-state index >= 15 is 0 Å². The van der Waals surface area contributed by atoms with Crippen LogP contribution in [-0.2, 0) is 6.54 Å². The van der Waals surface area contributed by atoms with Gasteiger partial charge in [0.2, 0.25) is 0 Å². The Hall–Kier alpha value is -0.450. The van der Waals surface area contributed by atoms with Crippen molar-refractivity contribution in [1.29, 1.82) is 0 Å². The molecule has 0 unspecified atom stereocenters. The predicted octanol–water partition coefficient (Wildman–Crippen LogP) is 2.58. The summed E-state index contributed by atoms with van der Waals surface area (Å²) in [6, 6.07) is 1.74. The molecular formula is C9H11BrClNO2. The fourth-order valence-electron chi connectivity index (χ4n) is 1.21. The highest BCUT2D eigenvalue weighted by Crippen LogP contribution is 2.41. The molecule has 1 aromatic rings. The average molecular weight is 281 g/mol. The van der Waals surface area contributed by atoms with Gasteiger partial charge in [0, 0.05) is 12.1 Å². The minimum absolute atomic E-state index is 0.311. The largest absolute Gasteiger partial charge is 0.492 e. The Morgan fingerprint density at radius 1 is 1.36 bits per heavy atom. The standard InChI is InChI=1S/C9H11BrClNO2/c1-13-8-5(4-12)7(11)3-6(10)9(8)14-2/h3H,4,12H2,1-2H3. The van der Waals surface area contributed by atoms with E-state index in [0.717, 1.165) is 10.0 Å². The predicted molar refractivity (Wildman–Crippen MR) is 60.1 cm³/mol. The van der Waals surface area contributed by atoms with E-state index in [-0.39, 0.29) is 0 Å². The molecule has 2 N–H and O–H groups in total. The summed E-state index contributed by atoms with van der Waals surface area (Å²) in [5.41, 5.74) is 6.31. The summed E-state index contributed by atoms with van der Waals surface area (Å²) >= 11 is 9.33. The maximum atomic E-state index is 6.00. The smallest absolute Gasteiger partial charge is 0.175 e. The van der Waals surface area contributed by atoms with Crippen molar-refractivity contribution in [1.82, 2.24) is 0 Å². The van der Waals surface area contributed by atoms with Gasteiger partial charge in [0.1, 0.15) is 0 Å². The second-order valence-corrected chi connectivity index (χ2v) is 3.85. The fraction of sp³-hybridized carbons (Fsp3) is 0.333. The van der Waals surface area contributed by atoms with Crippen LogP contribution in [0, 0.1) is 0 Å². The van der Waals surface area contributed by atoms with Crippen LogP contribution in [0.3, 0.4) is 0 Å². The molecule has 1 aromatic carbocycles. The number of hydrogen-bond donors (Lipinski definition) is 1. The summed E-state index contributed by atoms with van der Waals surface area (Å²) in [6.45, 7) is 0.311. The maximum Gasteiger partial charge on any atom is 0.175 e. The van der Waals surface area contributed by atoms with Crippen molar-refractivity contribution in [2.45, 2.75) is 6.54 Å². The zero-order chi connectivity index (χ0) is 10.7. The molecule has 0 fully saturated rings. The third kappa shape index (κ3) is 1.97. The summed E-state index contributed by atoms with van der Waals surface area (Å²) in [5.74, 6) is 1.19. The van der Waals surface area contributed by atoms with Crippen LogP contribution in [0.4, 0.5) is 0 Å². The Morgan fingerprint density at radius 2 is 1.93 bits per heavy atom. The first kappa shape index (κ1) is 11.6.